The molecule has 1 heterocycles. The fourth-order valence-electron chi connectivity index (χ4n) is 1.66. The van der Waals surface area contributed by atoms with E-state index in [1.54, 1.807) is 0 Å². The van der Waals surface area contributed by atoms with Crippen molar-refractivity contribution in [2.75, 3.05) is 25.1 Å². The SMILES string of the molecule is CCCOCCCNc1nc(C)cn1C(C)C. The van der Waals surface area contributed by atoms with Crippen LogP contribution in [0.2, 0.25) is 0 Å². The normalized spacial score (nSPS) is 11.1. The van der Waals surface area contributed by atoms with Crippen LogP contribution in [0, 0.1) is 6.92 Å². The third kappa shape index (κ3) is 4.77. The van der Waals surface area contributed by atoms with Crippen molar-refractivity contribution >= 4 is 5.95 Å². The lowest BCUT2D eigenvalue weighted by atomic mass is 10.4. The first-order valence-corrected chi connectivity index (χ1v) is 6.52. The van der Waals surface area contributed by atoms with Crippen LogP contribution in [-0.2, 0) is 4.74 Å². The summed E-state index contributed by atoms with van der Waals surface area (Å²) in [6, 6.07) is 0.440. The van der Waals surface area contributed by atoms with Gasteiger partial charge in [-0.3, -0.25) is 0 Å². The molecule has 0 aromatic carbocycles. The summed E-state index contributed by atoms with van der Waals surface area (Å²) in [4.78, 5) is 4.48. The average Bonchev–Trinajstić information content (AvgIpc) is 2.65. The van der Waals surface area contributed by atoms with E-state index in [1.165, 1.54) is 0 Å². The number of rotatable bonds is 8. The third-order valence-corrected chi connectivity index (χ3v) is 2.51. The molecule has 1 aromatic heterocycles. The fraction of sp³-hybridized carbons (Fsp3) is 0.769. The van der Waals surface area contributed by atoms with Gasteiger partial charge in [0.15, 0.2) is 0 Å². The van der Waals surface area contributed by atoms with Crippen LogP contribution < -0.4 is 5.32 Å². The van der Waals surface area contributed by atoms with Gasteiger partial charge in [0.2, 0.25) is 5.95 Å². The number of hydrogen-bond donors (Lipinski definition) is 1. The quantitative estimate of drug-likeness (QED) is 0.709. The maximum Gasteiger partial charge on any atom is 0.203 e. The van der Waals surface area contributed by atoms with Crippen molar-refractivity contribution in [3.05, 3.63) is 11.9 Å². The van der Waals surface area contributed by atoms with Crippen LogP contribution in [0.3, 0.4) is 0 Å². The van der Waals surface area contributed by atoms with Crippen molar-refractivity contribution in [3.8, 4) is 0 Å². The van der Waals surface area contributed by atoms with E-state index in [2.05, 4.69) is 41.8 Å². The molecule has 0 fully saturated rings. The first-order valence-electron chi connectivity index (χ1n) is 6.52. The van der Waals surface area contributed by atoms with Crippen LogP contribution in [0.25, 0.3) is 0 Å². The molecular weight excluding hydrogens is 214 g/mol. The predicted molar refractivity (Wildman–Crippen MR) is 71.6 cm³/mol. The van der Waals surface area contributed by atoms with E-state index in [-0.39, 0.29) is 0 Å². The van der Waals surface area contributed by atoms with Crippen molar-refractivity contribution in [3.63, 3.8) is 0 Å². The number of aromatic nitrogens is 2. The summed E-state index contributed by atoms with van der Waals surface area (Å²) < 4.78 is 7.61. The van der Waals surface area contributed by atoms with Gasteiger partial charge in [-0.15, -0.1) is 0 Å². The number of imidazole rings is 1. The number of anilines is 1. The lowest BCUT2D eigenvalue weighted by Gasteiger charge is -2.12. The van der Waals surface area contributed by atoms with Crippen LogP contribution in [0.5, 0.6) is 0 Å². The molecule has 0 unspecified atom stereocenters. The molecule has 0 saturated carbocycles. The van der Waals surface area contributed by atoms with Gasteiger partial charge >= 0.3 is 0 Å². The lowest BCUT2D eigenvalue weighted by molar-refractivity contribution is 0.134. The molecule has 98 valence electrons. The van der Waals surface area contributed by atoms with Crippen LogP contribution >= 0.6 is 0 Å². The second-order valence-corrected chi connectivity index (χ2v) is 4.60. The summed E-state index contributed by atoms with van der Waals surface area (Å²) in [5, 5.41) is 3.36. The summed E-state index contributed by atoms with van der Waals surface area (Å²) in [6.07, 6.45) is 4.19. The predicted octanol–water partition coefficient (Wildman–Crippen LogP) is 3.00. The second-order valence-electron chi connectivity index (χ2n) is 4.60. The zero-order valence-electron chi connectivity index (χ0n) is 11.5. The molecular formula is C13H25N3O. The summed E-state index contributed by atoms with van der Waals surface area (Å²) >= 11 is 0. The van der Waals surface area contributed by atoms with E-state index in [0.717, 1.165) is 44.2 Å². The van der Waals surface area contributed by atoms with E-state index in [9.17, 15) is 0 Å². The van der Waals surface area contributed by atoms with Crippen LogP contribution in [0.1, 0.15) is 45.3 Å². The summed E-state index contributed by atoms with van der Waals surface area (Å²) in [7, 11) is 0. The Balaban J connectivity index is 2.31. The minimum Gasteiger partial charge on any atom is -0.381 e. The monoisotopic (exact) mass is 239 g/mol. The van der Waals surface area contributed by atoms with E-state index >= 15 is 0 Å². The topological polar surface area (TPSA) is 39.1 Å². The summed E-state index contributed by atoms with van der Waals surface area (Å²) in [5.74, 6) is 0.966. The standard InChI is InChI=1S/C13H25N3O/c1-5-8-17-9-6-7-14-13-15-12(4)10-16(13)11(2)3/h10-11H,5-9H2,1-4H3,(H,14,15). The number of ether oxygens (including phenoxy) is 1. The van der Waals surface area contributed by atoms with Gasteiger partial charge in [0, 0.05) is 32.0 Å². The van der Waals surface area contributed by atoms with Gasteiger partial charge in [-0.1, -0.05) is 6.92 Å². The molecule has 0 spiro atoms. The molecule has 0 saturated heterocycles. The van der Waals surface area contributed by atoms with Gasteiger partial charge in [-0.2, -0.15) is 0 Å². The number of nitrogens with zero attached hydrogens (tertiary/aromatic N) is 2. The Labute approximate surface area is 104 Å². The van der Waals surface area contributed by atoms with E-state index in [1.807, 2.05) is 6.92 Å². The van der Waals surface area contributed by atoms with Crippen molar-refractivity contribution in [1.29, 1.82) is 0 Å². The Hall–Kier alpha value is -1.03. The van der Waals surface area contributed by atoms with Crippen molar-refractivity contribution in [1.82, 2.24) is 9.55 Å². The van der Waals surface area contributed by atoms with Crippen LogP contribution in [-0.4, -0.2) is 29.3 Å². The molecule has 1 aromatic rings. The maximum atomic E-state index is 5.44. The third-order valence-electron chi connectivity index (χ3n) is 2.51. The molecule has 4 heteroatoms. The average molecular weight is 239 g/mol. The Morgan fingerprint density at radius 3 is 2.82 bits per heavy atom. The largest absolute Gasteiger partial charge is 0.381 e. The molecule has 0 atom stereocenters. The van der Waals surface area contributed by atoms with E-state index in [0.29, 0.717) is 6.04 Å². The smallest absolute Gasteiger partial charge is 0.203 e. The zero-order chi connectivity index (χ0) is 12.7. The Bertz CT molecular complexity index is 320. The lowest BCUT2D eigenvalue weighted by Crippen LogP contribution is -2.11. The van der Waals surface area contributed by atoms with E-state index < -0.39 is 0 Å². The minimum atomic E-state index is 0.440. The Morgan fingerprint density at radius 1 is 1.41 bits per heavy atom. The summed E-state index contributed by atoms with van der Waals surface area (Å²) in [5.41, 5.74) is 1.06. The van der Waals surface area contributed by atoms with Gasteiger partial charge in [-0.25, -0.2) is 4.98 Å². The molecule has 0 aliphatic carbocycles. The highest BCUT2D eigenvalue weighted by Crippen LogP contribution is 2.14. The van der Waals surface area contributed by atoms with Gasteiger partial charge in [0.05, 0.1) is 5.69 Å². The highest BCUT2D eigenvalue weighted by Gasteiger charge is 2.07. The molecule has 1 rings (SSSR count). The van der Waals surface area contributed by atoms with Gasteiger partial charge < -0.3 is 14.6 Å². The first kappa shape index (κ1) is 14.0. The molecule has 0 amide bonds. The zero-order valence-corrected chi connectivity index (χ0v) is 11.5. The van der Waals surface area contributed by atoms with Crippen LogP contribution in [0.4, 0.5) is 5.95 Å². The number of hydrogen-bond acceptors (Lipinski definition) is 3. The van der Waals surface area contributed by atoms with Crippen molar-refractivity contribution in [2.24, 2.45) is 0 Å². The van der Waals surface area contributed by atoms with Crippen molar-refractivity contribution in [2.45, 2.75) is 46.6 Å². The van der Waals surface area contributed by atoms with Crippen LogP contribution in [0.15, 0.2) is 6.20 Å². The highest BCUT2D eigenvalue weighted by atomic mass is 16.5. The van der Waals surface area contributed by atoms with E-state index in [4.69, 9.17) is 4.74 Å². The van der Waals surface area contributed by atoms with Gasteiger partial charge in [-0.05, 0) is 33.6 Å². The summed E-state index contributed by atoms with van der Waals surface area (Å²) in [6.45, 7) is 11.1. The Morgan fingerprint density at radius 2 is 2.18 bits per heavy atom. The van der Waals surface area contributed by atoms with Gasteiger partial charge in [0.25, 0.3) is 0 Å². The maximum absolute atomic E-state index is 5.44. The fourth-order valence-corrected chi connectivity index (χ4v) is 1.66. The number of aryl methyl sites for hydroxylation is 1. The second kappa shape index (κ2) is 7.33. The minimum absolute atomic E-state index is 0.440. The highest BCUT2D eigenvalue weighted by molar-refractivity contribution is 5.29. The molecule has 0 bridgehead atoms. The molecule has 0 aliphatic heterocycles. The Kier molecular flexibility index (Phi) is 6.05. The molecule has 4 nitrogen and oxygen atoms in total. The molecule has 0 radical (unpaired) electrons. The molecule has 0 aliphatic rings. The number of nitrogens with one attached hydrogen (secondary N) is 1. The molecule has 17 heavy (non-hydrogen) atoms. The first-order chi connectivity index (χ1) is 8.15. The van der Waals surface area contributed by atoms with Crippen molar-refractivity contribution < 1.29 is 4.74 Å². The van der Waals surface area contributed by atoms with Gasteiger partial charge in [0.1, 0.15) is 0 Å². The molecule has 1 N–H and O–H groups in total.